The van der Waals surface area contributed by atoms with Crippen molar-refractivity contribution in [3.05, 3.63) is 199 Å². The monoisotopic (exact) mass is 995 g/mol. The normalized spacial score (nSPS) is 13.9. The molecule has 0 aliphatic rings. The number of aryl methyl sites for hydroxylation is 1. The summed E-state index contributed by atoms with van der Waals surface area (Å²) in [6, 6.07) is 42.5. The third kappa shape index (κ3) is 12.3. The first-order chi connectivity index (χ1) is 33.3. The van der Waals surface area contributed by atoms with Crippen molar-refractivity contribution in [2.24, 2.45) is 5.41 Å². The van der Waals surface area contributed by atoms with Gasteiger partial charge in [0.2, 0.25) is 5.52 Å². The molecule has 0 aliphatic carbocycles. The lowest BCUT2D eigenvalue weighted by Gasteiger charge is -2.25. The fourth-order valence-corrected chi connectivity index (χ4v) is 14.1. The SMILES string of the molecule is CC(C)(C)C(=O)P(=O)(Oc1ccncc1)c1ccccc1.CC(C)OP(=O)(C(=O)c1ccncc1)c1cccc2ccccc12.Cc1ccc2ccccc2c1C(=O)P(=O)(OC(C)C)c1ccncc1. The van der Waals surface area contributed by atoms with Crippen LogP contribution in [0.3, 0.4) is 0 Å². The minimum absolute atomic E-state index is 0.335. The van der Waals surface area contributed by atoms with Crippen molar-refractivity contribution in [1.29, 1.82) is 0 Å². The molecule has 0 N–H and O–H groups in total. The van der Waals surface area contributed by atoms with Crippen LogP contribution in [-0.4, -0.2) is 43.7 Å². The maximum absolute atomic E-state index is 13.7. The number of carbonyl (C=O) groups excluding carboxylic acids is 3. The van der Waals surface area contributed by atoms with Crippen LogP contribution in [0.5, 0.6) is 5.75 Å². The summed E-state index contributed by atoms with van der Waals surface area (Å²) in [7, 11) is -11.2. The average Bonchev–Trinajstić information content (AvgIpc) is 3.36. The zero-order valence-corrected chi connectivity index (χ0v) is 43.0. The molecule has 3 aromatic heterocycles. The highest BCUT2D eigenvalue weighted by molar-refractivity contribution is 7.84. The molecule has 70 heavy (non-hydrogen) atoms. The van der Waals surface area contributed by atoms with Gasteiger partial charge in [-0.3, -0.25) is 43.0 Å². The summed E-state index contributed by atoms with van der Waals surface area (Å²) in [6.45, 7) is 14.2. The lowest BCUT2D eigenvalue weighted by atomic mass is 9.99. The molecule has 0 radical (unpaired) electrons. The number of hydrogen-bond acceptors (Lipinski definition) is 12. The topological polar surface area (TPSA) is 169 Å². The number of hydrogen-bond donors (Lipinski definition) is 0. The molecule has 0 saturated carbocycles. The molecule has 360 valence electrons. The van der Waals surface area contributed by atoms with Crippen molar-refractivity contribution < 1.29 is 41.6 Å². The molecule has 0 fully saturated rings. The summed E-state index contributed by atoms with van der Waals surface area (Å²) < 4.78 is 57.9. The van der Waals surface area contributed by atoms with Crippen LogP contribution in [0.15, 0.2) is 183 Å². The van der Waals surface area contributed by atoms with Gasteiger partial charge in [0.15, 0.2) is 0 Å². The quantitative estimate of drug-likeness (QED) is 0.0947. The van der Waals surface area contributed by atoms with Crippen molar-refractivity contribution in [2.75, 3.05) is 0 Å². The van der Waals surface area contributed by atoms with Gasteiger partial charge in [0, 0.05) is 59.0 Å². The first-order valence-electron chi connectivity index (χ1n) is 22.5. The van der Waals surface area contributed by atoms with E-state index >= 15 is 0 Å². The Balaban J connectivity index is 0.000000173. The van der Waals surface area contributed by atoms with Crippen molar-refractivity contribution >= 4 is 76.1 Å². The van der Waals surface area contributed by atoms with Crippen LogP contribution in [0.1, 0.15) is 74.7 Å². The van der Waals surface area contributed by atoms with E-state index in [4.69, 9.17) is 13.6 Å². The van der Waals surface area contributed by atoms with E-state index in [0.717, 1.165) is 27.1 Å². The highest BCUT2D eigenvalue weighted by atomic mass is 31.2. The van der Waals surface area contributed by atoms with Crippen molar-refractivity contribution in [3.63, 3.8) is 0 Å². The van der Waals surface area contributed by atoms with Gasteiger partial charge in [-0.25, -0.2) is 0 Å². The molecule has 8 rings (SSSR count). The summed E-state index contributed by atoms with van der Waals surface area (Å²) in [4.78, 5) is 50.9. The van der Waals surface area contributed by atoms with Crippen LogP contribution >= 0.6 is 22.1 Å². The van der Waals surface area contributed by atoms with E-state index in [2.05, 4.69) is 15.0 Å². The van der Waals surface area contributed by atoms with Gasteiger partial charge >= 0.3 is 22.1 Å². The zero-order chi connectivity index (χ0) is 50.7. The molecule has 0 saturated heterocycles. The highest BCUT2D eigenvalue weighted by Gasteiger charge is 2.44. The molecule has 0 aliphatic heterocycles. The van der Waals surface area contributed by atoms with Crippen LogP contribution < -0.4 is 20.4 Å². The fourth-order valence-electron chi connectivity index (χ4n) is 7.34. The second-order valence-corrected chi connectivity index (χ2v) is 24.3. The maximum Gasteiger partial charge on any atom is 0.342 e. The van der Waals surface area contributed by atoms with E-state index in [1.54, 1.807) is 121 Å². The fraction of sp³-hybridized carbons (Fsp3) is 0.200. The Morgan fingerprint density at radius 1 is 0.486 bits per heavy atom. The highest BCUT2D eigenvalue weighted by Crippen LogP contribution is 2.54. The third-order valence-electron chi connectivity index (χ3n) is 10.5. The first-order valence-corrected chi connectivity index (χ1v) is 27.4. The van der Waals surface area contributed by atoms with Crippen LogP contribution in [0.4, 0.5) is 0 Å². The second kappa shape index (κ2) is 22.9. The number of benzene rings is 5. The third-order valence-corrected chi connectivity index (χ3v) is 18.1. The Labute approximate surface area is 409 Å². The molecule has 0 bridgehead atoms. The predicted octanol–water partition coefficient (Wildman–Crippen LogP) is 12.8. The molecule has 12 nitrogen and oxygen atoms in total. The minimum Gasteiger partial charge on any atom is -0.435 e. The van der Waals surface area contributed by atoms with Crippen LogP contribution in [0, 0.1) is 12.3 Å². The number of pyridine rings is 3. The van der Waals surface area contributed by atoms with Crippen molar-refractivity contribution in [3.8, 4) is 5.75 Å². The Hall–Kier alpha value is -6.51. The second-order valence-electron chi connectivity index (χ2n) is 17.7. The molecule has 5 aromatic carbocycles. The lowest BCUT2D eigenvalue weighted by Crippen LogP contribution is -2.27. The van der Waals surface area contributed by atoms with Crippen molar-refractivity contribution in [2.45, 2.75) is 67.6 Å². The number of aromatic nitrogens is 3. The molecule has 8 aromatic rings. The van der Waals surface area contributed by atoms with E-state index in [9.17, 15) is 28.1 Å². The molecule has 0 spiro atoms. The van der Waals surface area contributed by atoms with Gasteiger partial charge in [-0.05, 0) is 116 Å². The van der Waals surface area contributed by atoms with E-state index in [-0.39, 0.29) is 12.2 Å². The summed E-state index contributed by atoms with van der Waals surface area (Å²) in [5.41, 5.74) is -0.570. The predicted molar refractivity (Wildman–Crippen MR) is 280 cm³/mol. The van der Waals surface area contributed by atoms with Gasteiger partial charge in [-0.1, -0.05) is 112 Å². The molecule has 15 heteroatoms. The smallest absolute Gasteiger partial charge is 0.342 e. The largest absolute Gasteiger partial charge is 0.435 e. The van der Waals surface area contributed by atoms with Crippen LogP contribution in [0.2, 0.25) is 0 Å². The Morgan fingerprint density at radius 3 is 1.53 bits per heavy atom. The molecule has 0 amide bonds. The van der Waals surface area contributed by atoms with Gasteiger partial charge in [0.25, 0.3) is 11.0 Å². The Bertz CT molecular complexity index is 3230. The van der Waals surface area contributed by atoms with Crippen molar-refractivity contribution in [1.82, 2.24) is 15.0 Å². The Morgan fingerprint density at radius 2 is 0.957 bits per heavy atom. The van der Waals surface area contributed by atoms with E-state index in [1.165, 1.54) is 37.2 Å². The van der Waals surface area contributed by atoms with Gasteiger partial charge in [-0.2, -0.15) is 0 Å². The maximum atomic E-state index is 13.7. The van der Waals surface area contributed by atoms with Crippen LogP contribution in [-0.2, 0) is 27.5 Å². The molecule has 3 atom stereocenters. The Kier molecular flexibility index (Phi) is 17.3. The van der Waals surface area contributed by atoms with Crippen LogP contribution in [0.25, 0.3) is 21.5 Å². The van der Waals surface area contributed by atoms with Gasteiger partial charge < -0.3 is 13.6 Å². The standard InChI is InChI=1S/C20H20NO3P.C19H18NO3P.C16H18NO3P/c1-14(2)24-25(23,17-10-12-21-13-11-17)20(22)19-15(3)8-9-16-6-4-5-7-18(16)19;1-14(2)23-24(22,19(21)16-10-12-20-13-11-16)18-9-5-7-15-6-3-4-8-17(15)18;1-16(2,3)15(18)21(19,14-7-5-4-6-8-14)20-13-9-11-17-12-10-13/h4-14H,1-3H3;3-14H,1-2H3;4-12H,1-3H3. The summed E-state index contributed by atoms with van der Waals surface area (Å²) >= 11 is 0. The number of carbonyl (C=O) groups is 3. The number of nitrogens with zero attached hydrogens (tertiary/aromatic N) is 3. The summed E-state index contributed by atoms with van der Waals surface area (Å²) in [6.07, 6.45) is 8.44. The number of fused-ring (bicyclic) bond motifs is 2. The zero-order valence-electron chi connectivity index (χ0n) is 40.3. The number of rotatable bonds is 14. The summed E-state index contributed by atoms with van der Waals surface area (Å²) in [5, 5.41) is 4.62. The van der Waals surface area contributed by atoms with E-state index in [1.807, 2.05) is 79.7 Å². The van der Waals surface area contributed by atoms with Gasteiger partial charge in [0.1, 0.15) is 5.75 Å². The lowest BCUT2D eigenvalue weighted by molar-refractivity contribution is -0.118. The van der Waals surface area contributed by atoms with E-state index in [0.29, 0.717) is 32.8 Å². The van der Waals surface area contributed by atoms with Gasteiger partial charge in [0.05, 0.1) is 22.8 Å². The molecule has 3 unspecified atom stereocenters. The molecular weight excluding hydrogens is 940 g/mol. The van der Waals surface area contributed by atoms with E-state index < -0.39 is 44.1 Å². The molecule has 3 heterocycles. The minimum atomic E-state index is -3.75. The summed E-state index contributed by atoms with van der Waals surface area (Å²) in [5.74, 6) is 0.370. The van der Waals surface area contributed by atoms with Gasteiger partial charge in [-0.15, -0.1) is 0 Å². The molecular formula is C55H56N3O9P3. The first kappa shape index (κ1) is 52.9. The average molecular weight is 996 g/mol.